The quantitative estimate of drug-likeness (QED) is 0.685. The summed E-state index contributed by atoms with van der Waals surface area (Å²) in [5.74, 6) is 0.946. The summed E-state index contributed by atoms with van der Waals surface area (Å²) in [6, 6.07) is 11.5. The first-order valence-corrected chi connectivity index (χ1v) is 10.4. The molecule has 0 saturated carbocycles. The average Bonchev–Trinajstić information content (AvgIpc) is 2.65. The summed E-state index contributed by atoms with van der Waals surface area (Å²) in [5, 5.41) is 2.67. The first-order chi connectivity index (χ1) is 13.3. The molecular formula is C19H24N2O6S. The standard InChI is InChI=1S/C19H24N2O6S/c1-5-27-16-8-6-7-14(11-16)21(28(4,23)24)13-19(22)20-17-12-15(25-2)9-10-18(17)26-3/h6-12H,5,13H2,1-4H3,(H,20,22). The minimum absolute atomic E-state index is 0.334. The van der Waals surface area contributed by atoms with Gasteiger partial charge in [0.2, 0.25) is 15.9 Å². The SMILES string of the molecule is CCOc1cccc(N(CC(=O)Nc2cc(OC)ccc2OC)S(C)(=O)=O)c1. The van der Waals surface area contributed by atoms with Crippen LogP contribution in [0.4, 0.5) is 11.4 Å². The number of amides is 1. The molecule has 1 amide bonds. The van der Waals surface area contributed by atoms with Gasteiger partial charge in [-0.25, -0.2) is 8.42 Å². The highest BCUT2D eigenvalue weighted by atomic mass is 32.2. The highest BCUT2D eigenvalue weighted by Gasteiger charge is 2.22. The summed E-state index contributed by atoms with van der Waals surface area (Å²) in [5.41, 5.74) is 0.713. The molecule has 0 saturated heterocycles. The molecule has 28 heavy (non-hydrogen) atoms. The minimum Gasteiger partial charge on any atom is -0.497 e. The number of ether oxygens (including phenoxy) is 3. The van der Waals surface area contributed by atoms with E-state index >= 15 is 0 Å². The number of sulfonamides is 1. The Morgan fingerprint density at radius 1 is 1.07 bits per heavy atom. The van der Waals surface area contributed by atoms with E-state index in [0.29, 0.717) is 35.2 Å². The van der Waals surface area contributed by atoms with Gasteiger partial charge in [-0.15, -0.1) is 0 Å². The third kappa shape index (κ3) is 5.53. The molecule has 2 aromatic rings. The highest BCUT2D eigenvalue weighted by molar-refractivity contribution is 7.92. The Balaban J connectivity index is 2.26. The monoisotopic (exact) mass is 408 g/mol. The van der Waals surface area contributed by atoms with Crippen LogP contribution in [0, 0.1) is 0 Å². The summed E-state index contributed by atoms with van der Waals surface area (Å²) in [6.07, 6.45) is 1.04. The maximum absolute atomic E-state index is 12.6. The van der Waals surface area contributed by atoms with E-state index in [1.54, 1.807) is 42.5 Å². The number of carbonyl (C=O) groups is 1. The van der Waals surface area contributed by atoms with Gasteiger partial charge in [0.05, 0.1) is 38.5 Å². The van der Waals surface area contributed by atoms with Crippen LogP contribution in [0.25, 0.3) is 0 Å². The van der Waals surface area contributed by atoms with Crippen molar-refractivity contribution in [2.45, 2.75) is 6.92 Å². The zero-order valence-electron chi connectivity index (χ0n) is 16.3. The van der Waals surface area contributed by atoms with Gasteiger partial charge >= 0.3 is 0 Å². The van der Waals surface area contributed by atoms with E-state index in [2.05, 4.69) is 5.32 Å². The van der Waals surface area contributed by atoms with E-state index < -0.39 is 22.5 Å². The van der Waals surface area contributed by atoms with E-state index in [1.165, 1.54) is 14.2 Å². The van der Waals surface area contributed by atoms with Crippen molar-refractivity contribution in [3.63, 3.8) is 0 Å². The molecule has 0 radical (unpaired) electrons. The molecule has 0 spiro atoms. The van der Waals surface area contributed by atoms with Crippen LogP contribution >= 0.6 is 0 Å². The van der Waals surface area contributed by atoms with Crippen molar-refractivity contribution >= 4 is 27.3 Å². The van der Waals surface area contributed by atoms with E-state index in [1.807, 2.05) is 6.92 Å². The minimum atomic E-state index is -3.70. The molecule has 9 heteroatoms. The third-order valence-corrected chi connectivity index (χ3v) is 4.93. The molecule has 0 aliphatic carbocycles. The lowest BCUT2D eigenvalue weighted by Gasteiger charge is -2.22. The van der Waals surface area contributed by atoms with Crippen molar-refractivity contribution < 1.29 is 27.4 Å². The van der Waals surface area contributed by atoms with Crippen LogP contribution in [0.1, 0.15) is 6.92 Å². The molecule has 0 heterocycles. The number of hydrogen-bond donors (Lipinski definition) is 1. The fraction of sp³-hybridized carbons (Fsp3) is 0.316. The van der Waals surface area contributed by atoms with Gasteiger partial charge in [0.1, 0.15) is 23.8 Å². The Morgan fingerprint density at radius 2 is 1.82 bits per heavy atom. The number of rotatable bonds is 9. The van der Waals surface area contributed by atoms with Crippen LogP contribution < -0.4 is 23.8 Å². The van der Waals surface area contributed by atoms with Gasteiger partial charge in [-0.3, -0.25) is 9.10 Å². The first-order valence-electron chi connectivity index (χ1n) is 8.51. The van der Waals surface area contributed by atoms with Crippen molar-refractivity contribution in [2.75, 3.05) is 43.2 Å². The van der Waals surface area contributed by atoms with Crippen LogP contribution in [0.3, 0.4) is 0 Å². The Morgan fingerprint density at radius 3 is 2.43 bits per heavy atom. The number of anilines is 2. The number of hydrogen-bond acceptors (Lipinski definition) is 6. The van der Waals surface area contributed by atoms with E-state index in [4.69, 9.17) is 14.2 Å². The Hall–Kier alpha value is -2.94. The predicted molar refractivity (Wildman–Crippen MR) is 108 cm³/mol. The Kier molecular flexibility index (Phi) is 7.11. The van der Waals surface area contributed by atoms with Crippen molar-refractivity contribution in [1.82, 2.24) is 0 Å². The number of benzene rings is 2. The lowest BCUT2D eigenvalue weighted by Crippen LogP contribution is -2.37. The van der Waals surface area contributed by atoms with Crippen LogP contribution in [0.2, 0.25) is 0 Å². The van der Waals surface area contributed by atoms with E-state index in [-0.39, 0.29) is 0 Å². The van der Waals surface area contributed by atoms with Crippen molar-refractivity contribution in [3.05, 3.63) is 42.5 Å². The van der Waals surface area contributed by atoms with Crippen molar-refractivity contribution in [3.8, 4) is 17.2 Å². The zero-order valence-corrected chi connectivity index (χ0v) is 17.1. The second kappa shape index (κ2) is 9.32. The summed E-state index contributed by atoms with van der Waals surface area (Å²) >= 11 is 0. The van der Waals surface area contributed by atoms with Gasteiger partial charge in [-0.2, -0.15) is 0 Å². The topological polar surface area (TPSA) is 94.2 Å². The Bertz CT molecular complexity index is 930. The van der Waals surface area contributed by atoms with Gasteiger partial charge in [0.25, 0.3) is 0 Å². The number of nitrogens with zero attached hydrogens (tertiary/aromatic N) is 1. The van der Waals surface area contributed by atoms with E-state index in [9.17, 15) is 13.2 Å². The molecule has 0 fully saturated rings. The predicted octanol–water partition coefficient (Wildman–Crippen LogP) is 2.51. The van der Waals surface area contributed by atoms with Gasteiger partial charge < -0.3 is 19.5 Å². The summed E-state index contributed by atoms with van der Waals surface area (Å²) in [6.45, 7) is 1.86. The average molecular weight is 408 g/mol. The summed E-state index contributed by atoms with van der Waals surface area (Å²) in [4.78, 5) is 12.6. The molecule has 2 rings (SSSR count). The zero-order chi connectivity index (χ0) is 20.7. The number of methoxy groups -OCH3 is 2. The summed E-state index contributed by atoms with van der Waals surface area (Å²) in [7, 11) is -0.729. The van der Waals surface area contributed by atoms with Crippen LogP contribution in [0.5, 0.6) is 17.2 Å². The second-order valence-corrected chi connectivity index (χ2v) is 7.72. The molecule has 2 aromatic carbocycles. The van der Waals surface area contributed by atoms with Crippen LogP contribution in [0.15, 0.2) is 42.5 Å². The highest BCUT2D eigenvalue weighted by Crippen LogP contribution is 2.29. The molecule has 0 aromatic heterocycles. The fourth-order valence-corrected chi connectivity index (χ4v) is 3.38. The largest absolute Gasteiger partial charge is 0.497 e. The molecule has 0 bridgehead atoms. The number of carbonyl (C=O) groups excluding carboxylic acids is 1. The van der Waals surface area contributed by atoms with E-state index in [0.717, 1.165) is 10.6 Å². The smallest absolute Gasteiger partial charge is 0.245 e. The van der Waals surface area contributed by atoms with Crippen molar-refractivity contribution in [1.29, 1.82) is 0 Å². The lowest BCUT2D eigenvalue weighted by atomic mass is 10.2. The maximum Gasteiger partial charge on any atom is 0.245 e. The van der Waals surface area contributed by atoms with Gasteiger partial charge in [-0.05, 0) is 31.2 Å². The molecule has 0 atom stereocenters. The lowest BCUT2D eigenvalue weighted by molar-refractivity contribution is -0.114. The van der Waals surface area contributed by atoms with Gasteiger partial charge in [0.15, 0.2) is 0 Å². The fourth-order valence-electron chi connectivity index (χ4n) is 2.53. The normalized spacial score (nSPS) is 10.9. The number of nitrogens with one attached hydrogen (secondary N) is 1. The van der Waals surface area contributed by atoms with Gasteiger partial charge in [-0.1, -0.05) is 6.07 Å². The molecule has 8 nitrogen and oxygen atoms in total. The van der Waals surface area contributed by atoms with Crippen LogP contribution in [-0.4, -0.2) is 48.0 Å². The third-order valence-electron chi connectivity index (χ3n) is 3.78. The molecule has 1 N–H and O–H groups in total. The first kappa shape index (κ1) is 21.4. The molecule has 152 valence electrons. The van der Waals surface area contributed by atoms with Crippen LogP contribution in [-0.2, 0) is 14.8 Å². The molecule has 0 unspecified atom stereocenters. The Labute approximate surface area is 165 Å². The van der Waals surface area contributed by atoms with Crippen molar-refractivity contribution in [2.24, 2.45) is 0 Å². The van der Waals surface area contributed by atoms with Gasteiger partial charge in [0, 0.05) is 12.1 Å². The molecule has 0 aliphatic heterocycles. The molecular weight excluding hydrogens is 384 g/mol. The maximum atomic E-state index is 12.6. The summed E-state index contributed by atoms with van der Waals surface area (Å²) < 4.78 is 41.3. The second-order valence-electron chi connectivity index (χ2n) is 5.81. The molecule has 0 aliphatic rings.